The summed E-state index contributed by atoms with van der Waals surface area (Å²) in [4.78, 5) is 11.8. The fourth-order valence-corrected chi connectivity index (χ4v) is 1.82. The van der Waals surface area contributed by atoms with Gasteiger partial charge in [0.2, 0.25) is 5.91 Å². The van der Waals surface area contributed by atoms with E-state index in [1.54, 1.807) is 0 Å². The lowest BCUT2D eigenvalue weighted by Crippen LogP contribution is -2.21. The summed E-state index contributed by atoms with van der Waals surface area (Å²) in [5.74, 6) is 0.0315. The van der Waals surface area contributed by atoms with Crippen LogP contribution in [0.1, 0.15) is 46.1 Å². The number of rotatable bonds is 4. The van der Waals surface area contributed by atoms with Crippen molar-refractivity contribution < 1.29 is 4.79 Å². The van der Waals surface area contributed by atoms with E-state index in [1.807, 2.05) is 25.1 Å². The third-order valence-electron chi connectivity index (χ3n) is 2.84. The second kappa shape index (κ2) is 6.01. The number of benzene rings is 1. The number of amides is 1. The third-order valence-corrected chi connectivity index (χ3v) is 2.84. The average Bonchev–Trinajstić information content (AvgIpc) is 2.25. The smallest absolute Gasteiger partial charge is 0.224 e. The van der Waals surface area contributed by atoms with Crippen LogP contribution in [0, 0.1) is 0 Å². The Bertz CT molecular complexity index is 405. The lowest BCUT2D eigenvalue weighted by Gasteiger charge is -2.23. The second-order valence-corrected chi connectivity index (χ2v) is 5.86. The molecule has 0 aromatic heterocycles. The van der Waals surface area contributed by atoms with Gasteiger partial charge < -0.3 is 11.1 Å². The molecule has 1 aromatic carbocycles. The molecule has 0 saturated carbocycles. The van der Waals surface area contributed by atoms with Gasteiger partial charge in [0, 0.05) is 18.2 Å². The highest BCUT2D eigenvalue weighted by molar-refractivity contribution is 5.91. The number of carbonyl (C=O) groups is 1. The van der Waals surface area contributed by atoms with Crippen LogP contribution < -0.4 is 11.1 Å². The summed E-state index contributed by atoms with van der Waals surface area (Å²) in [6.07, 6.45) is 1.18. The minimum absolute atomic E-state index is 0.0189. The average molecular weight is 248 g/mol. The van der Waals surface area contributed by atoms with Crippen LogP contribution in [0.5, 0.6) is 0 Å². The van der Waals surface area contributed by atoms with E-state index in [0.29, 0.717) is 12.8 Å². The van der Waals surface area contributed by atoms with Gasteiger partial charge in [0.05, 0.1) is 0 Å². The van der Waals surface area contributed by atoms with Gasteiger partial charge in [-0.25, -0.2) is 0 Å². The van der Waals surface area contributed by atoms with Crippen LogP contribution in [0.2, 0.25) is 0 Å². The van der Waals surface area contributed by atoms with E-state index in [4.69, 9.17) is 5.73 Å². The van der Waals surface area contributed by atoms with Crippen molar-refractivity contribution in [2.75, 3.05) is 5.32 Å². The second-order valence-electron chi connectivity index (χ2n) is 5.86. The Morgan fingerprint density at radius 1 is 1.33 bits per heavy atom. The van der Waals surface area contributed by atoms with Crippen molar-refractivity contribution in [3.63, 3.8) is 0 Å². The number of carbonyl (C=O) groups excluding carboxylic acids is 1. The topological polar surface area (TPSA) is 55.1 Å². The van der Waals surface area contributed by atoms with Crippen molar-refractivity contribution in [3.8, 4) is 0 Å². The van der Waals surface area contributed by atoms with Crippen LogP contribution in [0.3, 0.4) is 0 Å². The quantitative estimate of drug-likeness (QED) is 0.860. The first-order valence-electron chi connectivity index (χ1n) is 6.45. The van der Waals surface area contributed by atoms with E-state index >= 15 is 0 Å². The highest BCUT2D eigenvalue weighted by atomic mass is 16.1. The Balaban J connectivity index is 2.76. The highest BCUT2D eigenvalue weighted by Crippen LogP contribution is 2.29. The number of nitrogens with one attached hydrogen (secondary N) is 1. The summed E-state index contributed by atoms with van der Waals surface area (Å²) in [5.41, 5.74) is 7.73. The molecular weight excluding hydrogens is 224 g/mol. The Morgan fingerprint density at radius 2 is 1.94 bits per heavy atom. The molecule has 0 bridgehead atoms. The Hall–Kier alpha value is -1.35. The van der Waals surface area contributed by atoms with Gasteiger partial charge in [-0.3, -0.25) is 4.79 Å². The Labute approximate surface area is 110 Å². The molecule has 3 heteroatoms. The van der Waals surface area contributed by atoms with Crippen LogP contribution in [-0.2, 0) is 10.2 Å². The monoisotopic (exact) mass is 248 g/mol. The van der Waals surface area contributed by atoms with E-state index in [9.17, 15) is 4.79 Å². The molecule has 0 radical (unpaired) electrons. The van der Waals surface area contributed by atoms with Crippen molar-refractivity contribution in [1.82, 2.24) is 0 Å². The molecule has 0 saturated heterocycles. The first kappa shape index (κ1) is 14.7. The highest BCUT2D eigenvalue weighted by Gasteiger charge is 2.18. The van der Waals surface area contributed by atoms with E-state index in [-0.39, 0.29) is 17.4 Å². The summed E-state index contributed by atoms with van der Waals surface area (Å²) < 4.78 is 0. The number of anilines is 1. The summed E-state index contributed by atoms with van der Waals surface area (Å²) in [7, 11) is 0. The molecule has 0 fully saturated rings. The van der Waals surface area contributed by atoms with Crippen molar-refractivity contribution >= 4 is 11.6 Å². The predicted octanol–water partition coefficient (Wildman–Crippen LogP) is 3.05. The summed E-state index contributed by atoms with van der Waals surface area (Å²) >= 11 is 0. The van der Waals surface area contributed by atoms with Crippen LogP contribution in [0.4, 0.5) is 5.69 Å². The number of nitrogens with two attached hydrogens (primary N) is 1. The zero-order valence-corrected chi connectivity index (χ0v) is 11.8. The lowest BCUT2D eigenvalue weighted by molar-refractivity contribution is -0.116. The van der Waals surface area contributed by atoms with Gasteiger partial charge in [-0.05, 0) is 30.4 Å². The van der Waals surface area contributed by atoms with E-state index < -0.39 is 0 Å². The molecule has 0 aliphatic heterocycles. The number of hydrogen-bond donors (Lipinski definition) is 2. The standard InChI is InChI=1S/C15H24N2O/c1-11(16)9-10-14(18)17-13-8-6-5-7-12(13)15(2,3)4/h5-8,11H,9-10,16H2,1-4H3,(H,17,18). The molecule has 0 aliphatic rings. The van der Waals surface area contributed by atoms with Crippen molar-refractivity contribution in [3.05, 3.63) is 29.8 Å². The summed E-state index contributed by atoms with van der Waals surface area (Å²) in [6, 6.07) is 8.01. The van der Waals surface area contributed by atoms with Gasteiger partial charge in [-0.1, -0.05) is 39.0 Å². The fourth-order valence-electron chi connectivity index (χ4n) is 1.82. The molecule has 0 aliphatic carbocycles. The SMILES string of the molecule is CC(N)CCC(=O)Nc1ccccc1C(C)(C)C. The van der Waals surface area contributed by atoms with Gasteiger partial charge in [0.15, 0.2) is 0 Å². The van der Waals surface area contributed by atoms with Crippen LogP contribution in [-0.4, -0.2) is 11.9 Å². The van der Waals surface area contributed by atoms with Crippen LogP contribution >= 0.6 is 0 Å². The largest absolute Gasteiger partial charge is 0.328 e. The minimum atomic E-state index is 0.0189. The summed E-state index contributed by atoms with van der Waals surface area (Å²) in [5, 5.41) is 2.98. The Kier molecular flexibility index (Phi) is 4.91. The zero-order valence-electron chi connectivity index (χ0n) is 11.8. The van der Waals surface area contributed by atoms with Crippen LogP contribution in [0.25, 0.3) is 0 Å². The van der Waals surface area contributed by atoms with E-state index in [1.165, 1.54) is 0 Å². The van der Waals surface area contributed by atoms with E-state index in [2.05, 4.69) is 32.2 Å². The Morgan fingerprint density at radius 3 is 2.50 bits per heavy atom. The lowest BCUT2D eigenvalue weighted by atomic mass is 9.86. The van der Waals surface area contributed by atoms with Gasteiger partial charge in [0.25, 0.3) is 0 Å². The van der Waals surface area contributed by atoms with E-state index in [0.717, 1.165) is 11.3 Å². The van der Waals surface area contributed by atoms with Crippen molar-refractivity contribution in [2.24, 2.45) is 5.73 Å². The van der Waals surface area contributed by atoms with Gasteiger partial charge >= 0.3 is 0 Å². The molecule has 1 unspecified atom stereocenters. The van der Waals surface area contributed by atoms with Gasteiger partial charge in [-0.15, -0.1) is 0 Å². The molecule has 100 valence electrons. The molecule has 1 rings (SSSR count). The molecule has 0 heterocycles. The summed E-state index contributed by atoms with van der Waals surface area (Å²) in [6.45, 7) is 8.33. The molecule has 0 spiro atoms. The first-order chi connectivity index (χ1) is 8.30. The molecule has 1 amide bonds. The van der Waals surface area contributed by atoms with Crippen molar-refractivity contribution in [1.29, 1.82) is 0 Å². The molecule has 3 nitrogen and oxygen atoms in total. The van der Waals surface area contributed by atoms with Gasteiger partial charge in [-0.2, -0.15) is 0 Å². The molecule has 18 heavy (non-hydrogen) atoms. The minimum Gasteiger partial charge on any atom is -0.328 e. The predicted molar refractivity (Wildman–Crippen MR) is 76.7 cm³/mol. The molecular formula is C15H24N2O. The van der Waals surface area contributed by atoms with Crippen LogP contribution in [0.15, 0.2) is 24.3 Å². The first-order valence-corrected chi connectivity index (χ1v) is 6.45. The van der Waals surface area contributed by atoms with Gasteiger partial charge in [0.1, 0.15) is 0 Å². The van der Waals surface area contributed by atoms with Crippen molar-refractivity contribution in [2.45, 2.75) is 52.0 Å². The maximum absolute atomic E-state index is 11.8. The molecule has 3 N–H and O–H groups in total. The third kappa shape index (κ3) is 4.49. The normalized spacial score (nSPS) is 13.2. The fraction of sp³-hybridized carbons (Fsp3) is 0.533. The maximum Gasteiger partial charge on any atom is 0.224 e. The maximum atomic E-state index is 11.8. The molecule has 1 atom stereocenters. The number of hydrogen-bond acceptors (Lipinski definition) is 2. The number of para-hydroxylation sites is 1. The zero-order chi connectivity index (χ0) is 13.8. The molecule has 1 aromatic rings.